The van der Waals surface area contributed by atoms with Gasteiger partial charge in [0.05, 0.1) is 0 Å². The first kappa shape index (κ1) is 13.3. The summed E-state index contributed by atoms with van der Waals surface area (Å²) in [5.41, 5.74) is 0.516. The van der Waals surface area contributed by atoms with Crippen molar-refractivity contribution in [3.63, 3.8) is 0 Å². The van der Waals surface area contributed by atoms with Crippen LogP contribution in [0, 0.1) is 0 Å². The van der Waals surface area contributed by atoms with Gasteiger partial charge in [0, 0.05) is 30.4 Å². The molecule has 21 heavy (non-hydrogen) atoms. The smallest absolute Gasteiger partial charge is 0.413 e. The van der Waals surface area contributed by atoms with Crippen LogP contribution in [0.4, 0.5) is 0 Å². The molecule has 0 fully saturated rings. The molecule has 0 spiro atoms. The van der Waals surface area contributed by atoms with E-state index in [1.54, 1.807) is 36.7 Å². The van der Waals surface area contributed by atoms with Crippen molar-refractivity contribution >= 4 is 14.0 Å². The zero-order valence-electron chi connectivity index (χ0n) is 10.8. The van der Waals surface area contributed by atoms with Gasteiger partial charge in [-0.2, -0.15) is 0 Å². The maximum atomic E-state index is 13.2. The standard InChI is InChI=1S/C13H11N4O3P/c18-9-12-1-3-13(4-2-12)20-21(19,16-7-5-14-10-16)17-8-6-15-11-17/h1-11H. The van der Waals surface area contributed by atoms with Crippen molar-refractivity contribution in [3.8, 4) is 5.75 Å². The van der Waals surface area contributed by atoms with Crippen molar-refractivity contribution in [1.29, 1.82) is 0 Å². The minimum absolute atomic E-state index is 0.381. The second kappa shape index (κ2) is 5.38. The van der Waals surface area contributed by atoms with Gasteiger partial charge >= 0.3 is 7.67 Å². The maximum Gasteiger partial charge on any atom is 0.459 e. The molecular formula is C13H11N4O3P. The highest BCUT2D eigenvalue weighted by Crippen LogP contribution is 2.49. The van der Waals surface area contributed by atoms with E-state index in [0.29, 0.717) is 11.3 Å². The number of nitrogens with zero attached hydrogens (tertiary/aromatic N) is 4. The summed E-state index contributed by atoms with van der Waals surface area (Å²) in [6, 6.07) is 6.36. The molecule has 8 heteroatoms. The Kier molecular flexibility index (Phi) is 3.41. The highest BCUT2D eigenvalue weighted by atomic mass is 31.2. The van der Waals surface area contributed by atoms with Crippen LogP contribution in [-0.2, 0) is 4.57 Å². The highest BCUT2D eigenvalue weighted by Gasteiger charge is 2.29. The number of rotatable bonds is 5. The van der Waals surface area contributed by atoms with Crippen LogP contribution in [0.3, 0.4) is 0 Å². The van der Waals surface area contributed by atoms with Gasteiger partial charge in [0.2, 0.25) is 0 Å². The molecule has 0 unspecified atom stereocenters. The van der Waals surface area contributed by atoms with Crippen LogP contribution in [0.5, 0.6) is 5.75 Å². The Morgan fingerprint density at radius 3 is 2.00 bits per heavy atom. The first-order valence-corrected chi connectivity index (χ1v) is 7.58. The largest absolute Gasteiger partial charge is 0.459 e. The van der Waals surface area contributed by atoms with Gasteiger partial charge in [0.1, 0.15) is 24.7 Å². The Bertz CT molecular complexity index is 728. The number of hydrogen-bond donors (Lipinski definition) is 0. The van der Waals surface area contributed by atoms with Gasteiger partial charge in [-0.05, 0) is 24.3 Å². The molecule has 1 aromatic carbocycles. The monoisotopic (exact) mass is 302 g/mol. The molecule has 106 valence electrons. The molecule has 2 aromatic heterocycles. The van der Waals surface area contributed by atoms with Gasteiger partial charge in [0.25, 0.3) is 0 Å². The molecule has 0 amide bonds. The Labute approximate surface area is 120 Å². The molecule has 0 radical (unpaired) electrons. The van der Waals surface area contributed by atoms with Crippen LogP contribution in [0.1, 0.15) is 10.4 Å². The van der Waals surface area contributed by atoms with Gasteiger partial charge in [-0.25, -0.2) is 23.2 Å². The van der Waals surface area contributed by atoms with E-state index in [1.165, 1.54) is 33.7 Å². The summed E-state index contributed by atoms with van der Waals surface area (Å²) in [5.74, 6) is 0.381. The molecule has 0 saturated heterocycles. The van der Waals surface area contributed by atoms with Crippen LogP contribution >= 0.6 is 7.67 Å². The lowest BCUT2D eigenvalue weighted by atomic mass is 10.2. The van der Waals surface area contributed by atoms with Gasteiger partial charge in [-0.3, -0.25) is 4.79 Å². The van der Waals surface area contributed by atoms with Crippen LogP contribution < -0.4 is 4.52 Å². The molecule has 7 nitrogen and oxygen atoms in total. The van der Waals surface area contributed by atoms with Crippen LogP contribution in [0.15, 0.2) is 61.7 Å². The lowest BCUT2D eigenvalue weighted by Crippen LogP contribution is -2.09. The predicted molar refractivity (Wildman–Crippen MR) is 75.3 cm³/mol. The fourth-order valence-electron chi connectivity index (χ4n) is 1.76. The summed E-state index contributed by atoms with van der Waals surface area (Å²) in [6.07, 6.45) is 9.71. The lowest BCUT2D eigenvalue weighted by Gasteiger charge is -2.20. The van der Waals surface area contributed by atoms with Gasteiger partial charge in [0.15, 0.2) is 0 Å². The number of benzene rings is 1. The molecule has 3 rings (SSSR count). The quantitative estimate of drug-likeness (QED) is 0.534. The number of carbonyl (C=O) groups excluding carboxylic acids is 1. The molecule has 0 saturated carbocycles. The van der Waals surface area contributed by atoms with Gasteiger partial charge in [-0.15, -0.1) is 0 Å². The van der Waals surface area contributed by atoms with E-state index in [1.807, 2.05) is 0 Å². The fraction of sp³-hybridized carbons (Fsp3) is 0. The third kappa shape index (κ3) is 2.51. The molecule has 0 N–H and O–H groups in total. The van der Waals surface area contributed by atoms with E-state index in [2.05, 4.69) is 9.97 Å². The zero-order valence-corrected chi connectivity index (χ0v) is 11.7. The first-order chi connectivity index (χ1) is 10.2. The SMILES string of the molecule is O=Cc1ccc(OP(=O)(n2ccnc2)n2ccnc2)cc1. The van der Waals surface area contributed by atoms with Gasteiger partial charge < -0.3 is 4.52 Å². The van der Waals surface area contributed by atoms with Crippen LogP contribution in [0.2, 0.25) is 0 Å². The number of aromatic nitrogens is 4. The number of hydrogen-bond acceptors (Lipinski definition) is 5. The van der Waals surface area contributed by atoms with Crippen molar-refractivity contribution in [1.82, 2.24) is 18.6 Å². The summed E-state index contributed by atoms with van der Waals surface area (Å²) >= 11 is 0. The minimum Gasteiger partial charge on any atom is -0.413 e. The number of carbonyl (C=O) groups is 1. The van der Waals surface area contributed by atoms with Crippen LogP contribution in [0.25, 0.3) is 0 Å². The molecule has 0 aliphatic heterocycles. The lowest BCUT2D eigenvalue weighted by molar-refractivity contribution is 0.112. The van der Waals surface area contributed by atoms with E-state index < -0.39 is 7.67 Å². The topological polar surface area (TPSA) is 79.0 Å². The molecule has 0 atom stereocenters. The van der Waals surface area contributed by atoms with E-state index in [9.17, 15) is 9.36 Å². The molecular weight excluding hydrogens is 291 g/mol. The van der Waals surface area contributed by atoms with E-state index >= 15 is 0 Å². The summed E-state index contributed by atoms with van der Waals surface area (Å²) in [7, 11) is -3.45. The van der Waals surface area contributed by atoms with Crippen molar-refractivity contribution in [2.75, 3.05) is 0 Å². The third-order valence-electron chi connectivity index (χ3n) is 2.81. The Morgan fingerprint density at radius 2 is 1.57 bits per heavy atom. The average Bonchev–Trinajstić information content (AvgIpc) is 3.21. The Hall–Kier alpha value is -2.66. The summed E-state index contributed by atoms with van der Waals surface area (Å²) in [5, 5.41) is 0. The first-order valence-electron chi connectivity index (χ1n) is 6.05. The Balaban J connectivity index is 2.00. The van der Waals surface area contributed by atoms with E-state index in [0.717, 1.165) is 6.29 Å². The second-order valence-electron chi connectivity index (χ2n) is 4.15. The number of imidazole rings is 2. The third-order valence-corrected chi connectivity index (χ3v) is 4.89. The van der Waals surface area contributed by atoms with E-state index in [4.69, 9.17) is 4.52 Å². The van der Waals surface area contributed by atoms with Crippen LogP contribution in [-0.4, -0.2) is 24.9 Å². The van der Waals surface area contributed by atoms with Crippen molar-refractivity contribution in [2.24, 2.45) is 0 Å². The van der Waals surface area contributed by atoms with Crippen molar-refractivity contribution < 1.29 is 13.9 Å². The normalized spacial score (nSPS) is 11.2. The van der Waals surface area contributed by atoms with Gasteiger partial charge in [-0.1, -0.05) is 0 Å². The summed E-state index contributed by atoms with van der Waals surface area (Å²) in [4.78, 5) is 18.5. The molecule has 0 bridgehead atoms. The predicted octanol–water partition coefficient (Wildman–Crippen LogP) is 2.48. The summed E-state index contributed by atoms with van der Waals surface area (Å²) in [6.45, 7) is 0. The molecule has 3 aromatic rings. The fourth-order valence-corrected chi connectivity index (χ4v) is 3.42. The average molecular weight is 302 g/mol. The number of aldehydes is 1. The zero-order chi connectivity index (χ0) is 14.7. The van der Waals surface area contributed by atoms with E-state index in [-0.39, 0.29) is 0 Å². The maximum absolute atomic E-state index is 13.2. The highest BCUT2D eigenvalue weighted by molar-refractivity contribution is 7.56. The van der Waals surface area contributed by atoms with Crippen molar-refractivity contribution in [3.05, 3.63) is 67.3 Å². The molecule has 0 aliphatic rings. The summed E-state index contributed by atoms with van der Waals surface area (Å²) < 4.78 is 21.7. The second-order valence-corrected chi connectivity index (χ2v) is 6.24. The van der Waals surface area contributed by atoms with Crippen molar-refractivity contribution in [2.45, 2.75) is 0 Å². The molecule has 0 aliphatic carbocycles. The molecule has 2 heterocycles. The Morgan fingerprint density at radius 1 is 1.00 bits per heavy atom. The minimum atomic E-state index is -3.45.